The highest BCUT2D eigenvalue weighted by Gasteiger charge is 1.98. The molecule has 1 unspecified atom stereocenters. The van der Waals surface area contributed by atoms with Gasteiger partial charge in [-0.25, -0.2) is 0 Å². The molecular weight excluding hydrogens is 230 g/mol. The lowest BCUT2D eigenvalue weighted by molar-refractivity contribution is -0.384. The topological polar surface area (TPSA) is 63.4 Å². The van der Waals surface area contributed by atoms with E-state index in [9.17, 15) is 10.1 Å². The molecule has 0 heterocycles. The van der Waals surface area contributed by atoms with Crippen molar-refractivity contribution in [3.8, 4) is 0 Å². The van der Waals surface area contributed by atoms with E-state index in [1.165, 1.54) is 31.4 Å². The summed E-state index contributed by atoms with van der Waals surface area (Å²) < 4.78 is 0. The molecule has 0 aliphatic heterocycles. The first-order valence-electron chi connectivity index (χ1n) is 6.49. The van der Waals surface area contributed by atoms with Crippen molar-refractivity contribution in [1.82, 2.24) is 0 Å². The van der Waals surface area contributed by atoms with Gasteiger partial charge in [-0.2, -0.15) is 0 Å². The number of hydrogen-bond donors (Lipinski definition) is 1. The molecule has 0 aromatic heterocycles. The van der Waals surface area contributed by atoms with E-state index in [0.29, 0.717) is 0 Å². The van der Waals surface area contributed by atoms with Gasteiger partial charge in [0.1, 0.15) is 0 Å². The van der Waals surface area contributed by atoms with E-state index >= 15 is 0 Å². The standard InChI is InChI=1S/C8H18O.C6H5NO2/c1-3-5-6-7-8(9)4-2;8-7(9)6-4-2-1-3-5-6/h8-9H,3-7H2,1-2H3;1-5H. The molecule has 0 fully saturated rings. The van der Waals surface area contributed by atoms with Gasteiger partial charge >= 0.3 is 0 Å². The molecule has 0 saturated heterocycles. The first kappa shape index (κ1) is 16.6. The van der Waals surface area contributed by atoms with E-state index in [0.717, 1.165) is 12.8 Å². The second kappa shape index (κ2) is 10.7. The van der Waals surface area contributed by atoms with Crippen LogP contribution in [0, 0.1) is 10.1 Å². The summed E-state index contributed by atoms with van der Waals surface area (Å²) in [5, 5.41) is 19.1. The molecule has 102 valence electrons. The molecule has 0 aliphatic rings. The van der Waals surface area contributed by atoms with Crippen LogP contribution in [0.4, 0.5) is 5.69 Å². The quantitative estimate of drug-likeness (QED) is 0.474. The number of para-hydroxylation sites is 1. The van der Waals surface area contributed by atoms with Gasteiger partial charge in [0.2, 0.25) is 0 Å². The second-order valence-electron chi connectivity index (χ2n) is 4.15. The number of unbranched alkanes of at least 4 members (excludes halogenated alkanes) is 2. The van der Waals surface area contributed by atoms with Crippen molar-refractivity contribution < 1.29 is 10.0 Å². The van der Waals surface area contributed by atoms with E-state index in [-0.39, 0.29) is 11.8 Å². The lowest BCUT2D eigenvalue weighted by atomic mass is 10.1. The minimum Gasteiger partial charge on any atom is -0.393 e. The van der Waals surface area contributed by atoms with Crippen molar-refractivity contribution in [2.45, 2.75) is 52.1 Å². The van der Waals surface area contributed by atoms with Crippen LogP contribution in [0.5, 0.6) is 0 Å². The summed E-state index contributed by atoms with van der Waals surface area (Å²) in [6, 6.07) is 7.93. The Kier molecular flexibility index (Phi) is 9.87. The van der Waals surface area contributed by atoms with Crippen molar-refractivity contribution in [2.24, 2.45) is 0 Å². The van der Waals surface area contributed by atoms with Crippen LogP contribution in [-0.4, -0.2) is 16.1 Å². The Morgan fingerprint density at radius 2 is 1.83 bits per heavy atom. The van der Waals surface area contributed by atoms with E-state index < -0.39 is 4.92 Å². The third-order valence-electron chi connectivity index (χ3n) is 2.58. The molecule has 1 atom stereocenters. The maximum atomic E-state index is 10.0. The zero-order chi connectivity index (χ0) is 13.8. The summed E-state index contributed by atoms with van der Waals surface area (Å²) in [5.74, 6) is 0. The van der Waals surface area contributed by atoms with Gasteiger partial charge in [-0.15, -0.1) is 0 Å². The van der Waals surface area contributed by atoms with Gasteiger partial charge in [-0.3, -0.25) is 10.1 Å². The van der Waals surface area contributed by atoms with Crippen molar-refractivity contribution in [3.05, 3.63) is 40.4 Å². The average Bonchev–Trinajstić information content (AvgIpc) is 2.40. The van der Waals surface area contributed by atoms with Crippen LogP contribution in [0.15, 0.2) is 30.3 Å². The molecule has 0 amide bonds. The molecule has 4 nitrogen and oxygen atoms in total. The number of aliphatic hydroxyl groups excluding tert-OH is 1. The summed E-state index contributed by atoms with van der Waals surface area (Å²) in [5.41, 5.74) is 0.137. The van der Waals surface area contributed by atoms with Crippen LogP contribution in [0.1, 0.15) is 46.0 Å². The molecule has 1 rings (SSSR count). The van der Waals surface area contributed by atoms with Gasteiger partial charge in [0.25, 0.3) is 5.69 Å². The Bertz CT molecular complexity index is 314. The molecule has 1 aromatic carbocycles. The van der Waals surface area contributed by atoms with Crippen LogP contribution in [0.2, 0.25) is 0 Å². The van der Waals surface area contributed by atoms with Crippen LogP contribution < -0.4 is 0 Å². The van der Waals surface area contributed by atoms with Crippen LogP contribution in [0.3, 0.4) is 0 Å². The Hall–Kier alpha value is -1.42. The minimum absolute atomic E-state index is 0.0449. The smallest absolute Gasteiger partial charge is 0.269 e. The Morgan fingerprint density at radius 3 is 2.22 bits per heavy atom. The van der Waals surface area contributed by atoms with Crippen molar-refractivity contribution >= 4 is 5.69 Å². The van der Waals surface area contributed by atoms with E-state index in [2.05, 4.69) is 6.92 Å². The molecule has 1 aromatic rings. The fourth-order valence-electron chi connectivity index (χ4n) is 1.38. The highest BCUT2D eigenvalue weighted by Crippen LogP contribution is 2.07. The summed E-state index contributed by atoms with van der Waals surface area (Å²) in [4.78, 5) is 9.59. The molecule has 18 heavy (non-hydrogen) atoms. The molecule has 4 heteroatoms. The van der Waals surface area contributed by atoms with Crippen LogP contribution in [-0.2, 0) is 0 Å². The molecule has 0 saturated carbocycles. The lowest BCUT2D eigenvalue weighted by Crippen LogP contribution is -2.02. The molecule has 0 aliphatic carbocycles. The number of benzene rings is 1. The monoisotopic (exact) mass is 253 g/mol. The summed E-state index contributed by atoms with van der Waals surface area (Å²) in [6.45, 7) is 4.20. The third-order valence-corrected chi connectivity index (χ3v) is 2.58. The van der Waals surface area contributed by atoms with Gasteiger partial charge in [0.05, 0.1) is 11.0 Å². The number of nitro benzene ring substituents is 1. The fraction of sp³-hybridized carbons (Fsp3) is 0.571. The maximum Gasteiger partial charge on any atom is 0.269 e. The highest BCUT2D eigenvalue weighted by molar-refractivity contribution is 5.27. The fourth-order valence-corrected chi connectivity index (χ4v) is 1.38. The summed E-state index contributed by atoms with van der Waals surface area (Å²) >= 11 is 0. The van der Waals surface area contributed by atoms with Gasteiger partial charge < -0.3 is 5.11 Å². The zero-order valence-electron chi connectivity index (χ0n) is 11.2. The van der Waals surface area contributed by atoms with Gasteiger partial charge in [0, 0.05) is 12.1 Å². The van der Waals surface area contributed by atoms with E-state index in [1.54, 1.807) is 18.2 Å². The van der Waals surface area contributed by atoms with Gasteiger partial charge in [-0.1, -0.05) is 51.3 Å². The molecule has 0 bridgehead atoms. The van der Waals surface area contributed by atoms with Crippen LogP contribution in [0.25, 0.3) is 0 Å². The summed E-state index contributed by atoms with van der Waals surface area (Å²) in [6.07, 6.45) is 5.55. The van der Waals surface area contributed by atoms with E-state index in [4.69, 9.17) is 5.11 Å². The number of non-ortho nitro benzene ring substituents is 1. The number of hydrogen-bond acceptors (Lipinski definition) is 3. The largest absolute Gasteiger partial charge is 0.393 e. The molecule has 0 spiro atoms. The Morgan fingerprint density at radius 1 is 1.22 bits per heavy atom. The van der Waals surface area contributed by atoms with Crippen molar-refractivity contribution in [1.29, 1.82) is 0 Å². The lowest BCUT2D eigenvalue weighted by Gasteiger charge is -2.04. The molecule has 0 radical (unpaired) electrons. The van der Waals surface area contributed by atoms with Gasteiger partial charge in [-0.05, 0) is 12.8 Å². The first-order valence-corrected chi connectivity index (χ1v) is 6.49. The maximum absolute atomic E-state index is 10.0. The normalized spacial score (nSPS) is 11.3. The van der Waals surface area contributed by atoms with E-state index in [1.807, 2.05) is 6.92 Å². The predicted molar refractivity (Wildman–Crippen MR) is 73.5 cm³/mol. The number of nitro groups is 1. The number of nitrogens with zero attached hydrogens (tertiary/aromatic N) is 1. The third kappa shape index (κ3) is 8.70. The highest BCUT2D eigenvalue weighted by atomic mass is 16.6. The Balaban J connectivity index is 0.000000321. The minimum atomic E-state index is -0.417. The SMILES string of the molecule is CCCCCC(O)CC.O=[N+]([O-])c1ccccc1. The van der Waals surface area contributed by atoms with Gasteiger partial charge in [0.15, 0.2) is 0 Å². The average molecular weight is 253 g/mol. The summed E-state index contributed by atoms with van der Waals surface area (Å²) in [7, 11) is 0. The first-order chi connectivity index (χ1) is 8.61. The number of rotatable bonds is 6. The zero-order valence-corrected chi connectivity index (χ0v) is 11.2. The van der Waals surface area contributed by atoms with Crippen molar-refractivity contribution in [3.63, 3.8) is 0 Å². The molecular formula is C14H23NO3. The number of aliphatic hydroxyl groups is 1. The Labute approximate surface area is 109 Å². The van der Waals surface area contributed by atoms with Crippen molar-refractivity contribution in [2.75, 3.05) is 0 Å². The van der Waals surface area contributed by atoms with Crippen LogP contribution >= 0.6 is 0 Å². The predicted octanol–water partition coefficient (Wildman–Crippen LogP) is 3.93. The second-order valence-corrected chi connectivity index (χ2v) is 4.15. The molecule has 1 N–H and O–H groups in total.